The molecule has 9 aromatic rings. The molecule has 3 aliphatic carbocycles. The summed E-state index contributed by atoms with van der Waals surface area (Å²) in [7, 11) is 4.81. The van der Waals surface area contributed by atoms with Gasteiger partial charge in [0.2, 0.25) is 11.8 Å². The summed E-state index contributed by atoms with van der Waals surface area (Å²) in [4.78, 5) is 61.9. The van der Waals surface area contributed by atoms with Gasteiger partial charge in [-0.2, -0.15) is 15.3 Å². The second-order valence-electron chi connectivity index (χ2n) is 16.7. The van der Waals surface area contributed by atoms with Crippen LogP contribution in [0.15, 0.2) is 127 Å². The van der Waals surface area contributed by atoms with Crippen molar-refractivity contribution < 1.29 is 38.2 Å². The third kappa shape index (κ3) is 8.32. The van der Waals surface area contributed by atoms with Gasteiger partial charge in [0.25, 0.3) is 0 Å². The van der Waals surface area contributed by atoms with Gasteiger partial charge in [0, 0.05) is 46.0 Å². The number of benzene rings is 6. The lowest BCUT2D eigenvalue weighted by molar-refractivity contribution is -0.114. The molecular formula is C55H42ClN9O8. The summed E-state index contributed by atoms with van der Waals surface area (Å²) in [5.41, 5.74) is 19.1. The van der Waals surface area contributed by atoms with Crippen molar-refractivity contribution >= 4 is 57.8 Å². The number of carbonyl (C=O) groups is 5. The normalized spacial score (nSPS) is 11.9. The highest BCUT2D eigenvalue weighted by atomic mass is 35.5. The molecule has 0 fully saturated rings. The van der Waals surface area contributed by atoms with Crippen LogP contribution in [0, 0.1) is 0 Å². The number of fused-ring (bicyclic) bond motifs is 9. The number of halogens is 1. The van der Waals surface area contributed by atoms with Crippen molar-refractivity contribution in [2.45, 2.75) is 6.92 Å². The number of hydrogen-bond acceptors (Lipinski definition) is 12. The van der Waals surface area contributed by atoms with E-state index in [4.69, 9.17) is 31.5 Å². The first-order valence-electron chi connectivity index (χ1n) is 22.6. The van der Waals surface area contributed by atoms with Crippen molar-refractivity contribution in [3.05, 3.63) is 161 Å². The monoisotopic (exact) mass is 991 g/mol. The molecule has 7 N–H and O–H groups in total. The molecule has 0 unspecified atom stereocenters. The molecule has 3 aromatic heterocycles. The standard InChI is InChI=1S/C19H14ClN3O3.C19H15N3O3.C17H13N3O2/c1-26-11-7-5-10(6-8-11)17-16-18(23-22-17)12-3-2-4-13(15(12)19(16)25)21-14(24)9-20;1-10(23)20-14-5-3-4-13-15(14)19(24)16-17(21-22-18(13)16)11-6-8-12(25-2)9-7-11;1-22-10-7-5-9(6-8-10)15-14-16(20-19-15)11-3-2-4-12(18)13(11)17(14)21/h2-8H,9H2,1H3,(H,21,24)(H,22,23);3-9H,1-2H3,(H,20,23)(H,21,22);2-8H,18H2,1H3,(H,19,20). The molecule has 0 aliphatic heterocycles. The van der Waals surface area contributed by atoms with Gasteiger partial charge < -0.3 is 30.6 Å². The number of rotatable bonds is 9. The van der Waals surface area contributed by atoms with Gasteiger partial charge in [0.15, 0.2) is 17.3 Å². The van der Waals surface area contributed by atoms with Crippen LogP contribution in [0.2, 0.25) is 0 Å². The lowest BCUT2D eigenvalue weighted by Gasteiger charge is -2.08. The minimum atomic E-state index is -0.364. The van der Waals surface area contributed by atoms with E-state index in [1.54, 1.807) is 51.7 Å². The van der Waals surface area contributed by atoms with Crippen LogP contribution in [0.3, 0.4) is 0 Å². The SMILES string of the molecule is COc1ccc(-c2n[nH]c3c2C(=O)c2c(N)cccc2-3)cc1.COc1ccc(-c2n[nH]c3c2C(=O)c2c(NC(=O)CCl)cccc2-3)cc1.COc1ccc(-c2n[nH]c3c2C(=O)c2c(NC(C)=O)cccc2-3)cc1. The average Bonchev–Trinajstić information content (AvgIpc) is 4.28. The van der Waals surface area contributed by atoms with Gasteiger partial charge in [-0.05, 0) is 91.0 Å². The Morgan fingerprint density at radius 2 is 0.836 bits per heavy atom. The number of nitrogens with two attached hydrogens (primary N) is 1. The van der Waals surface area contributed by atoms with Crippen molar-refractivity contribution in [2.24, 2.45) is 0 Å². The Morgan fingerprint density at radius 1 is 0.493 bits per heavy atom. The second-order valence-corrected chi connectivity index (χ2v) is 17.0. The van der Waals surface area contributed by atoms with Crippen LogP contribution in [0.1, 0.15) is 54.7 Å². The zero-order valence-corrected chi connectivity index (χ0v) is 40.2. The fourth-order valence-corrected chi connectivity index (χ4v) is 9.21. The summed E-state index contributed by atoms with van der Waals surface area (Å²) in [6, 6.07) is 38.3. The maximum Gasteiger partial charge on any atom is 0.239 e. The highest BCUT2D eigenvalue weighted by molar-refractivity contribution is 6.31. The molecule has 0 bridgehead atoms. The van der Waals surface area contributed by atoms with Crippen LogP contribution in [-0.4, -0.2) is 87.0 Å². The molecule has 6 aromatic carbocycles. The van der Waals surface area contributed by atoms with Crippen LogP contribution in [-0.2, 0) is 9.59 Å². The van der Waals surface area contributed by atoms with Crippen molar-refractivity contribution in [2.75, 3.05) is 43.6 Å². The summed E-state index contributed by atoms with van der Waals surface area (Å²) in [5, 5.41) is 27.3. The lowest BCUT2D eigenvalue weighted by Crippen LogP contribution is -2.15. The van der Waals surface area contributed by atoms with E-state index in [9.17, 15) is 24.0 Å². The number of aromatic amines is 3. The number of H-pyrrole nitrogens is 3. The average molecular weight is 992 g/mol. The Bertz CT molecular complexity index is 3690. The van der Waals surface area contributed by atoms with Gasteiger partial charge in [0.1, 0.15) is 40.2 Å². The van der Waals surface area contributed by atoms with E-state index in [0.717, 1.165) is 50.8 Å². The van der Waals surface area contributed by atoms with Gasteiger partial charge in [-0.3, -0.25) is 39.3 Å². The number of alkyl halides is 1. The predicted octanol–water partition coefficient (Wildman–Crippen LogP) is 9.61. The lowest BCUT2D eigenvalue weighted by atomic mass is 10.0. The van der Waals surface area contributed by atoms with Gasteiger partial charge in [-0.25, -0.2) is 0 Å². The molecule has 3 aliphatic rings. The molecule has 18 heteroatoms. The number of hydrogen-bond donors (Lipinski definition) is 6. The van der Waals surface area contributed by atoms with E-state index in [0.29, 0.717) is 84.5 Å². The summed E-state index contributed by atoms with van der Waals surface area (Å²) < 4.78 is 15.5. The van der Waals surface area contributed by atoms with Crippen molar-refractivity contribution in [3.8, 4) is 84.8 Å². The first kappa shape index (κ1) is 47.1. The molecule has 0 saturated heterocycles. The van der Waals surface area contributed by atoms with E-state index in [1.165, 1.54) is 6.92 Å². The minimum Gasteiger partial charge on any atom is -0.497 e. The van der Waals surface area contributed by atoms with Crippen molar-refractivity contribution in [1.29, 1.82) is 0 Å². The molecule has 3 heterocycles. The molecule has 2 amide bonds. The number of amides is 2. The Labute approximate surface area is 421 Å². The Morgan fingerprint density at radius 3 is 1.19 bits per heavy atom. The Balaban J connectivity index is 0.000000126. The number of ketones is 3. The number of methoxy groups -OCH3 is 3. The molecule has 0 saturated carbocycles. The molecule has 0 spiro atoms. The maximum atomic E-state index is 13.1. The first-order chi connectivity index (χ1) is 35.4. The number of nitrogens with zero attached hydrogens (tertiary/aromatic N) is 3. The largest absolute Gasteiger partial charge is 0.497 e. The first-order valence-corrected chi connectivity index (χ1v) is 23.1. The molecular weight excluding hydrogens is 950 g/mol. The minimum absolute atomic E-state index is 0.0809. The number of ether oxygens (including phenoxy) is 3. The number of anilines is 3. The van der Waals surface area contributed by atoms with Crippen molar-refractivity contribution in [3.63, 3.8) is 0 Å². The third-order valence-corrected chi connectivity index (χ3v) is 12.7. The number of aromatic nitrogens is 6. The van der Waals surface area contributed by atoms with E-state index in [1.807, 2.05) is 97.1 Å². The Hall–Kier alpha value is -9.61. The molecule has 0 atom stereocenters. The van der Waals surface area contributed by atoms with E-state index >= 15 is 0 Å². The van der Waals surface area contributed by atoms with Gasteiger partial charge in [-0.15, -0.1) is 11.6 Å². The molecule has 362 valence electrons. The summed E-state index contributed by atoms with van der Waals surface area (Å²) >= 11 is 5.56. The van der Waals surface area contributed by atoms with Crippen LogP contribution in [0.5, 0.6) is 17.2 Å². The molecule has 12 rings (SSSR count). The van der Waals surface area contributed by atoms with Crippen LogP contribution in [0.25, 0.3) is 67.5 Å². The fraction of sp³-hybridized carbons (Fsp3) is 0.0909. The third-order valence-electron chi connectivity index (χ3n) is 12.5. The van der Waals surface area contributed by atoms with E-state index in [-0.39, 0.29) is 35.0 Å². The summed E-state index contributed by atoms with van der Waals surface area (Å²) in [6.07, 6.45) is 0. The second kappa shape index (κ2) is 19.3. The molecule has 0 radical (unpaired) electrons. The van der Waals surface area contributed by atoms with Crippen LogP contribution < -0.4 is 30.6 Å². The van der Waals surface area contributed by atoms with E-state index < -0.39 is 0 Å². The Kier molecular flexibility index (Phi) is 12.4. The van der Waals surface area contributed by atoms with Crippen LogP contribution >= 0.6 is 11.6 Å². The van der Waals surface area contributed by atoms with E-state index in [2.05, 4.69) is 41.2 Å². The highest BCUT2D eigenvalue weighted by Gasteiger charge is 2.37. The smallest absolute Gasteiger partial charge is 0.239 e. The summed E-state index contributed by atoms with van der Waals surface area (Å²) in [6.45, 7) is 1.42. The fourth-order valence-electron chi connectivity index (χ4n) is 9.15. The zero-order valence-electron chi connectivity index (χ0n) is 39.4. The summed E-state index contributed by atoms with van der Waals surface area (Å²) in [5.74, 6) is 1.05. The zero-order chi connectivity index (χ0) is 51.1. The number of carbonyl (C=O) groups excluding carboxylic acids is 5. The van der Waals surface area contributed by atoms with Crippen LogP contribution in [0.4, 0.5) is 17.1 Å². The predicted molar refractivity (Wildman–Crippen MR) is 276 cm³/mol. The van der Waals surface area contributed by atoms with Gasteiger partial charge in [0.05, 0.1) is 83.2 Å². The number of nitrogen functional groups attached to an aromatic ring is 1. The van der Waals surface area contributed by atoms with Gasteiger partial charge >= 0.3 is 0 Å². The molecule has 17 nitrogen and oxygen atoms in total. The van der Waals surface area contributed by atoms with Gasteiger partial charge in [-0.1, -0.05) is 36.4 Å². The molecule has 73 heavy (non-hydrogen) atoms. The number of nitrogens with one attached hydrogen (secondary N) is 5. The highest BCUT2D eigenvalue weighted by Crippen LogP contribution is 2.46. The quantitative estimate of drug-likeness (QED) is 0.0584. The topological polar surface area (TPSA) is 249 Å². The van der Waals surface area contributed by atoms with Crippen molar-refractivity contribution in [1.82, 2.24) is 30.6 Å². The maximum absolute atomic E-state index is 13.1.